The molecular formula is C29H34F3N3O2. The predicted octanol–water partition coefficient (Wildman–Crippen LogP) is 4.74. The molecule has 1 N–H and O–H groups in total. The average Bonchev–Trinajstić information content (AvgIpc) is 3.00. The van der Waals surface area contributed by atoms with Gasteiger partial charge in [0.05, 0.1) is 17.6 Å². The number of carbonyl (C=O) groups excluding carboxylic acids is 1. The summed E-state index contributed by atoms with van der Waals surface area (Å²) in [4.78, 5) is 19.4. The number of aliphatic hydroxyl groups is 1. The van der Waals surface area contributed by atoms with Crippen molar-refractivity contribution in [3.05, 3.63) is 70.8 Å². The van der Waals surface area contributed by atoms with E-state index in [4.69, 9.17) is 0 Å². The SMILES string of the molecule is CN1CCN(C[C@H](O)CN2CCc3ccccc3C2)C(=O)c2ccc(C3=CCC(C(F)(F)F)CC3)cc21. The number of nitrogens with zero attached hydrogens (tertiary/aromatic N) is 3. The maximum Gasteiger partial charge on any atom is 0.392 e. The van der Waals surface area contributed by atoms with Gasteiger partial charge in [0, 0.05) is 52.0 Å². The van der Waals surface area contributed by atoms with E-state index in [1.165, 1.54) is 11.1 Å². The van der Waals surface area contributed by atoms with E-state index in [9.17, 15) is 23.1 Å². The molecule has 2 atom stereocenters. The van der Waals surface area contributed by atoms with E-state index in [2.05, 4.69) is 23.1 Å². The average molecular weight is 514 g/mol. The molecule has 0 radical (unpaired) electrons. The number of hydrogen-bond donors (Lipinski definition) is 1. The van der Waals surface area contributed by atoms with Gasteiger partial charge in [-0.3, -0.25) is 9.69 Å². The van der Waals surface area contributed by atoms with Crippen molar-refractivity contribution in [3.63, 3.8) is 0 Å². The number of amides is 1. The van der Waals surface area contributed by atoms with Crippen molar-refractivity contribution in [3.8, 4) is 0 Å². The maximum absolute atomic E-state index is 13.4. The number of fused-ring (bicyclic) bond motifs is 2. The number of benzene rings is 2. The number of likely N-dealkylation sites (N-methyl/N-ethyl adjacent to an activating group) is 1. The Bertz CT molecular complexity index is 1180. The smallest absolute Gasteiger partial charge is 0.390 e. The Morgan fingerprint density at radius 2 is 1.81 bits per heavy atom. The fraction of sp³-hybridized carbons (Fsp3) is 0.483. The first-order chi connectivity index (χ1) is 17.7. The molecule has 2 heterocycles. The Balaban J connectivity index is 1.25. The minimum absolute atomic E-state index is 0.00103. The van der Waals surface area contributed by atoms with E-state index in [-0.39, 0.29) is 25.3 Å². The van der Waals surface area contributed by atoms with Crippen LogP contribution in [0.15, 0.2) is 48.5 Å². The lowest BCUT2D eigenvalue weighted by Crippen LogP contribution is -2.44. The number of alkyl halides is 3. The molecule has 1 unspecified atom stereocenters. The number of anilines is 1. The first kappa shape index (κ1) is 25.8. The number of halogens is 3. The van der Waals surface area contributed by atoms with Crippen LogP contribution < -0.4 is 4.90 Å². The minimum Gasteiger partial charge on any atom is -0.390 e. The van der Waals surface area contributed by atoms with Crippen LogP contribution in [0.2, 0.25) is 0 Å². The molecule has 1 aliphatic carbocycles. The zero-order chi connectivity index (χ0) is 26.2. The lowest BCUT2D eigenvalue weighted by Gasteiger charge is -2.32. The zero-order valence-corrected chi connectivity index (χ0v) is 21.2. The number of rotatable bonds is 5. The molecule has 198 valence electrons. The van der Waals surface area contributed by atoms with Crippen molar-refractivity contribution in [2.75, 3.05) is 44.7 Å². The summed E-state index contributed by atoms with van der Waals surface area (Å²) >= 11 is 0. The van der Waals surface area contributed by atoms with Gasteiger partial charge in [-0.2, -0.15) is 13.2 Å². The summed E-state index contributed by atoms with van der Waals surface area (Å²) in [6, 6.07) is 13.9. The highest BCUT2D eigenvalue weighted by Gasteiger charge is 2.39. The Labute approximate surface area is 216 Å². The summed E-state index contributed by atoms with van der Waals surface area (Å²) in [7, 11) is 1.93. The van der Waals surface area contributed by atoms with Gasteiger partial charge < -0.3 is 14.9 Å². The third kappa shape index (κ3) is 5.70. The second-order valence-electron chi connectivity index (χ2n) is 10.6. The van der Waals surface area contributed by atoms with Crippen LogP contribution in [0, 0.1) is 5.92 Å². The zero-order valence-electron chi connectivity index (χ0n) is 21.2. The summed E-state index contributed by atoms with van der Waals surface area (Å²) in [5.74, 6) is -1.40. The molecule has 5 nitrogen and oxygen atoms in total. The van der Waals surface area contributed by atoms with Gasteiger partial charge in [0.25, 0.3) is 5.91 Å². The second-order valence-corrected chi connectivity index (χ2v) is 10.6. The van der Waals surface area contributed by atoms with Gasteiger partial charge >= 0.3 is 6.18 Å². The van der Waals surface area contributed by atoms with Crippen molar-refractivity contribution in [1.82, 2.24) is 9.80 Å². The minimum atomic E-state index is -4.16. The first-order valence-electron chi connectivity index (χ1n) is 13.1. The molecule has 2 aromatic carbocycles. The molecule has 0 aromatic heterocycles. The molecular weight excluding hydrogens is 479 g/mol. The number of allylic oxidation sites excluding steroid dienone is 2. The quantitative estimate of drug-likeness (QED) is 0.627. The van der Waals surface area contributed by atoms with Crippen LogP contribution in [-0.2, 0) is 13.0 Å². The van der Waals surface area contributed by atoms with Crippen molar-refractivity contribution < 1.29 is 23.1 Å². The maximum atomic E-state index is 13.4. The lowest BCUT2D eigenvalue weighted by atomic mass is 9.86. The van der Waals surface area contributed by atoms with Gasteiger partial charge in [-0.25, -0.2) is 0 Å². The topological polar surface area (TPSA) is 47.0 Å². The normalized spacial score (nSPS) is 21.7. The molecule has 0 bridgehead atoms. The van der Waals surface area contributed by atoms with Crippen LogP contribution in [0.1, 0.15) is 46.3 Å². The molecule has 0 saturated heterocycles. The van der Waals surface area contributed by atoms with E-state index >= 15 is 0 Å². The third-order valence-electron chi connectivity index (χ3n) is 7.99. The molecule has 0 fully saturated rings. The molecule has 37 heavy (non-hydrogen) atoms. The first-order valence-corrected chi connectivity index (χ1v) is 13.1. The van der Waals surface area contributed by atoms with Crippen LogP contribution >= 0.6 is 0 Å². The molecule has 1 amide bonds. The Kier molecular flexibility index (Phi) is 7.32. The highest BCUT2D eigenvalue weighted by Crippen LogP contribution is 2.40. The van der Waals surface area contributed by atoms with E-state index < -0.39 is 18.2 Å². The highest BCUT2D eigenvalue weighted by molar-refractivity contribution is 6.01. The predicted molar refractivity (Wildman–Crippen MR) is 138 cm³/mol. The fourth-order valence-electron chi connectivity index (χ4n) is 5.78. The standard InChI is InChI=1S/C29H34F3N3O2/c1-33-14-15-35(19-25(36)18-34-13-12-20-4-2-3-5-23(20)17-34)28(37)26-11-8-22(16-27(26)33)21-6-9-24(10-7-21)29(30,31)32/h2-6,8,11,16,24-25,36H,7,9-10,12-15,17-19H2,1H3/t24?,25-/m1/s1. The van der Waals surface area contributed by atoms with E-state index in [0.717, 1.165) is 36.3 Å². The van der Waals surface area contributed by atoms with Crippen molar-refractivity contribution in [1.29, 1.82) is 0 Å². The third-order valence-corrected chi connectivity index (χ3v) is 7.99. The number of aliphatic hydroxyl groups excluding tert-OH is 1. The van der Waals surface area contributed by atoms with Gasteiger partial charge in [0.2, 0.25) is 0 Å². The van der Waals surface area contributed by atoms with Crippen LogP contribution in [0.4, 0.5) is 18.9 Å². The molecule has 0 saturated carbocycles. The van der Waals surface area contributed by atoms with Gasteiger partial charge in [0.15, 0.2) is 0 Å². The highest BCUT2D eigenvalue weighted by atomic mass is 19.4. The summed E-state index contributed by atoms with van der Waals surface area (Å²) in [5, 5.41) is 10.9. The molecule has 0 spiro atoms. The largest absolute Gasteiger partial charge is 0.392 e. The van der Waals surface area contributed by atoms with Gasteiger partial charge in [-0.1, -0.05) is 36.4 Å². The van der Waals surface area contributed by atoms with Crippen LogP contribution in [0.25, 0.3) is 5.57 Å². The monoisotopic (exact) mass is 513 g/mol. The Hall–Kier alpha value is -2.84. The molecule has 2 aliphatic heterocycles. The van der Waals surface area contributed by atoms with E-state index in [1.807, 2.05) is 30.1 Å². The van der Waals surface area contributed by atoms with E-state index in [1.54, 1.807) is 17.0 Å². The number of hydrogen-bond acceptors (Lipinski definition) is 4. The van der Waals surface area contributed by atoms with Crippen LogP contribution in [0.5, 0.6) is 0 Å². The Morgan fingerprint density at radius 1 is 1.03 bits per heavy atom. The van der Waals surface area contributed by atoms with Gasteiger partial charge in [-0.15, -0.1) is 0 Å². The van der Waals surface area contributed by atoms with Gasteiger partial charge in [-0.05, 0) is 60.1 Å². The van der Waals surface area contributed by atoms with E-state index in [0.29, 0.717) is 31.6 Å². The van der Waals surface area contributed by atoms with Gasteiger partial charge in [0.1, 0.15) is 0 Å². The van der Waals surface area contributed by atoms with Crippen molar-refractivity contribution in [2.24, 2.45) is 5.92 Å². The summed E-state index contributed by atoms with van der Waals surface area (Å²) in [5.41, 5.74) is 5.78. The Morgan fingerprint density at radius 3 is 2.54 bits per heavy atom. The van der Waals surface area contributed by atoms with Crippen LogP contribution in [0.3, 0.4) is 0 Å². The van der Waals surface area contributed by atoms with Crippen LogP contribution in [-0.4, -0.2) is 72.9 Å². The molecule has 8 heteroatoms. The molecule has 5 rings (SSSR count). The second kappa shape index (κ2) is 10.5. The lowest BCUT2D eigenvalue weighted by molar-refractivity contribution is -0.175. The molecule has 3 aliphatic rings. The summed E-state index contributed by atoms with van der Waals surface area (Å²) in [6.07, 6.45) is -1.69. The summed E-state index contributed by atoms with van der Waals surface area (Å²) < 4.78 is 39.2. The molecule has 2 aromatic rings. The van der Waals surface area contributed by atoms with Crippen molar-refractivity contribution in [2.45, 2.75) is 44.5 Å². The van der Waals surface area contributed by atoms with Crippen molar-refractivity contribution >= 4 is 17.2 Å². The number of carbonyl (C=O) groups is 1. The summed E-state index contributed by atoms with van der Waals surface area (Å²) in [6.45, 7) is 3.56. The fourth-order valence-corrected chi connectivity index (χ4v) is 5.78. The number of β-amino-alcohol motifs (C(OH)–C–C–N with tert-alkyl or cyclic N) is 1.